The first-order chi connectivity index (χ1) is 9.10. The smallest absolute Gasteiger partial charge is 0.122 e. The first-order valence-corrected chi connectivity index (χ1v) is 7.56. The normalized spacial score (nSPS) is 25.1. The van der Waals surface area contributed by atoms with Crippen LogP contribution in [0.2, 0.25) is 5.02 Å². The van der Waals surface area contributed by atoms with Gasteiger partial charge in [0.05, 0.1) is 7.11 Å². The Hall–Kier alpha value is -0.730. The topological polar surface area (TPSA) is 35.2 Å². The zero-order chi connectivity index (χ0) is 13.8. The summed E-state index contributed by atoms with van der Waals surface area (Å²) in [5.74, 6) is 2.34. The molecule has 0 spiro atoms. The molecule has 0 saturated heterocycles. The van der Waals surface area contributed by atoms with Crippen molar-refractivity contribution in [2.75, 3.05) is 7.11 Å². The van der Waals surface area contributed by atoms with Gasteiger partial charge >= 0.3 is 0 Å². The minimum atomic E-state index is 0.204. The highest BCUT2D eigenvalue weighted by atomic mass is 35.5. The van der Waals surface area contributed by atoms with Crippen LogP contribution in [0.5, 0.6) is 5.75 Å². The Morgan fingerprint density at radius 2 is 2.21 bits per heavy atom. The standard InChI is InChI=1S/C16H24ClNO/c1-11-4-3-5-12(8-11)15(18)10-13-9-14(17)6-7-16(13)19-2/h6-7,9,11-12,15H,3-5,8,10,18H2,1-2H3. The van der Waals surface area contributed by atoms with E-state index in [-0.39, 0.29) is 6.04 Å². The van der Waals surface area contributed by atoms with Crippen molar-refractivity contribution in [3.63, 3.8) is 0 Å². The van der Waals surface area contributed by atoms with Crippen LogP contribution in [0.15, 0.2) is 18.2 Å². The molecule has 3 heteroatoms. The largest absolute Gasteiger partial charge is 0.496 e. The van der Waals surface area contributed by atoms with Gasteiger partial charge in [-0.1, -0.05) is 31.4 Å². The van der Waals surface area contributed by atoms with E-state index in [0.29, 0.717) is 5.92 Å². The molecule has 3 unspecified atom stereocenters. The van der Waals surface area contributed by atoms with E-state index in [9.17, 15) is 0 Å². The Morgan fingerprint density at radius 1 is 1.42 bits per heavy atom. The quantitative estimate of drug-likeness (QED) is 0.904. The SMILES string of the molecule is COc1ccc(Cl)cc1CC(N)C1CCCC(C)C1. The summed E-state index contributed by atoms with van der Waals surface area (Å²) in [6.07, 6.45) is 6.02. The second kappa shape index (κ2) is 6.62. The average molecular weight is 282 g/mol. The van der Waals surface area contributed by atoms with Crippen molar-refractivity contribution < 1.29 is 4.74 Å². The second-order valence-electron chi connectivity index (χ2n) is 5.86. The lowest BCUT2D eigenvalue weighted by Gasteiger charge is -2.31. The zero-order valence-corrected chi connectivity index (χ0v) is 12.6. The van der Waals surface area contributed by atoms with Crippen LogP contribution in [0.4, 0.5) is 0 Å². The number of rotatable bonds is 4. The van der Waals surface area contributed by atoms with Crippen molar-refractivity contribution in [1.29, 1.82) is 0 Å². The van der Waals surface area contributed by atoms with E-state index in [2.05, 4.69) is 6.92 Å². The van der Waals surface area contributed by atoms with Crippen LogP contribution in [0.3, 0.4) is 0 Å². The van der Waals surface area contributed by atoms with Gasteiger partial charge in [0.1, 0.15) is 5.75 Å². The molecular weight excluding hydrogens is 258 g/mol. The summed E-state index contributed by atoms with van der Waals surface area (Å²) in [6.45, 7) is 2.33. The van der Waals surface area contributed by atoms with E-state index in [1.165, 1.54) is 25.7 Å². The molecule has 0 heterocycles. The summed E-state index contributed by atoms with van der Waals surface area (Å²) in [4.78, 5) is 0. The number of methoxy groups -OCH3 is 1. The van der Waals surface area contributed by atoms with E-state index in [1.54, 1.807) is 7.11 Å². The predicted molar refractivity (Wildman–Crippen MR) is 80.8 cm³/mol. The molecule has 1 aromatic carbocycles. The Labute approximate surface area is 121 Å². The lowest BCUT2D eigenvalue weighted by Crippen LogP contribution is -2.35. The third-order valence-corrected chi connectivity index (χ3v) is 4.52. The molecular formula is C16H24ClNO. The highest BCUT2D eigenvalue weighted by Gasteiger charge is 2.25. The third kappa shape index (κ3) is 3.87. The van der Waals surface area contributed by atoms with Crippen LogP contribution < -0.4 is 10.5 Å². The van der Waals surface area contributed by atoms with Crippen molar-refractivity contribution >= 4 is 11.6 Å². The minimum Gasteiger partial charge on any atom is -0.496 e. The molecule has 3 atom stereocenters. The number of nitrogens with two attached hydrogens (primary N) is 1. The summed E-state index contributed by atoms with van der Waals surface area (Å²) < 4.78 is 5.40. The molecule has 19 heavy (non-hydrogen) atoms. The summed E-state index contributed by atoms with van der Waals surface area (Å²) in [5, 5.41) is 0.750. The molecule has 1 aliphatic carbocycles. The maximum Gasteiger partial charge on any atom is 0.122 e. The molecule has 0 amide bonds. The van der Waals surface area contributed by atoms with Crippen LogP contribution in [0.25, 0.3) is 0 Å². The molecule has 2 N–H and O–H groups in total. The molecule has 2 nitrogen and oxygen atoms in total. The van der Waals surface area contributed by atoms with Crippen molar-refractivity contribution in [2.24, 2.45) is 17.6 Å². The fourth-order valence-electron chi connectivity index (χ4n) is 3.20. The Balaban J connectivity index is 2.05. The van der Waals surface area contributed by atoms with Gasteiger partial charge in [-0.05, 0) is 54.9 Å². The molecule has 106 valence electrons. The highest BCUT2D eigenvalue weighted by Crippen LogP contribution is 2.32. The third-order valence-electron chi connectivity index (χ3n) is 4.28. The fourth-order valence-corrected chi connectivity index (χ4v) is 3.39. The number of hydrogen-bond acceptors (Lipinski definition) is 2. The molecule has 0 aromatic heterocycles. The van der Waals surface area contributed by atoms with Gasteiger partial charge in [0.25, 0.3) is 0 Å². The molecule has 0 radical (unpaired) electrons. The van der Waals surface area contributed by atoms with E-state index >= 15 is 0 Å². The highest BCUT2D eigenvalue weighted by molar-refractivity contribution is 6.30. The number of halogens is 1. The Morgan fingerprint density at radius 3 is 2.89 bits per heavy atom. The monoisotopic (exact) mass is 281 g/mol. The molecule has 2 rings (SSSR count). The van der Waals surface area contributed by atoms with Gasteiger partial charge in [-0.3, -0.25) is 0 Å². The molecule has 1 aliphatic rings. The van der Waals surface area contributed by atoms with Crippen LogP contribution in [0, 0.1) is 11.8 Å². The number of ether oxygens (including phenoxy) is 1. The van der Waals surface area contributed by atoms with Gasteiger partial charge in [-0.2, -0.15) is 0 Å². The van der Waals surface area contributed by atoms with E-state index in [4.69, 9.17) is 22.1 Å². The van der Waals surface area contributed by atoms with Crippen LogP contribution in [-0.4, -0.2) is 13.2 Å². The molecule has 0 aliphatic heterocycles. The van der Waals surface area contributed by atoms with Gasteiger partial charge in [0.15, 0.2) is 0 Å². The molecule has 1 aromatic rings. The summed E-state index contributed by atoms with van der Waals surface area (Å²) >= 11 is 6.07. The van der Waals surface area contributed by atoms with Crippen molar-refractivity contribution in [1.82, 2.24) is 0 Å². The average Bonchev–Trinajstić information content (AvgIpc) is 2.39. The van der Waals surface area contributed by atoms with Crippen molar-refractivity contribution in [2.45, 2.75) is 45.1 Å². The summed E-state index contributed by atoms with van der Waals surface area (Å²) in [7, 11) is 1.70. The number of hydrogen-bond donors (Lipinski definition) is 1. The molecule has 0 bridgehead atoms. The van der Waals surface area contributed by atoms with Crippen molar-refractivity contribution in [3.05, 3.63) is 28.8 Å². The number of benzene rings is 1. The first kappa shape index (κ1) is 14.7. The van der Waals surface area contributed by atoms with Gasteiger partial charge in [0, 0.05) is 11.1 Å². The van der Waals surface area contributed by atoms with Gasteiger partial charge in [-0.15, -0.1) is 0 Å². The Kier molecular flexibility index (Phi) is 5.12. The predicted octanol–water partition coefficient (Wildman–Crippen LogP) is 4.04. The maximum absolute atomic E-state index is 6.42. The van der Waals surface area contributed by atoms with Crippen molar-refractivity contribution in [3.8, 4) is 5.75 Å². The fraction of sp³-hybridized carbons (Fsp3) is 0.625. The first-order valence-electron chi connectivity index (χ1n) is 7.18. The Bertz CT molecular complexity index is 421. The lowest BCUT2D eigenvalue weighted by atomic mass is 9.77. The van der Waals surface area contributed by atoms with E-state index in [1.807, 2.05) is 18.2 Å². The van der Waals surface area contributed by atoms with E-state index < -0.39 is 0 Å². The van der Waals surface area contributed by atoms with Crippen LogP contribution in [-0.2, 0) is 6.42 Å². The lowest BCUT2D eigenvalue weighted by molar-refractivity contribution is 0.244. The van der Waals surface area contributed by atoms with Gasteiger partial charge in [0.2, 0.25) is 0 Å². The van der Waals surface area contributed by atoms with Gasteiger partial charge < -0.3 is 10.5 Å². The van der Waals surface area contributed by atoms with Gasteiger partial charge in [-0.25, -0.2) is 0 Å². The molecule has 1 saturated carbocycles. The zero-order valence-electron chi connectivity index (χ0n) is 11.9. The van der Waals surface area contributed by atoms with Crippen LogP contribution >= 0.6 is 11.6 Å². The van der Waals surface area contributed by atoms with Crippen LogP contribution in [0.1, 0.15) is 38.2 Å². The minimum absolute atomic E-state index is 0.204. The second-order valence-corrected chi connectivity index (χ2v) is 6.29. The maximum atomic E-state index is 6.42. The summed E-state index contributed by atoms with van der Waals surface area (Å²) in [6, 6.07) is 5.97. The summed E-state index contributed by atoms with van der Waals surface area (Å²) in [5.41, 5.74) is 7.54. The molecule has 1 fully saturated rings. The van der Waals surface area contributed by atoms with E-state index in [0.717, 1.165) is 28.7 Å².